The second-order valence-electron chi connectivity index (χ2n) is 4.16. The van der Waals surface area contributed by atoms with Crippen LogP contribution in [0, 0.1) is 11.3 Å². The van der Waals surface area contributed by atoms with Crippen molar-refractivity contribution in [1.82, 2.24) is 0 Å². The zero-order valence-electron chi connectivity index (χ0n) is 6.72. The summed E-state index contributed by atoms with van der Waals surface area (Å²) in [6, 6.07) is 0.383. The second kappa shape index (κ2) is 1.65. The van der Waals surface area contributed by atoms with Gasteiger partial charge in [-0.15, -0.1) is 0 Å². The fraction of sp³-hybridized carbons (Fsp3) is 0.778. The van der Waals surface area contributed by atoms with Crippen LogP contribution in [0.4, 0.5) is 0 Å². The van der Waals surface area contributed by atoms with Crippen LogP contribution < -0.4 is 5.73 Å². The van der Waals surface area contributed by atoms with E-state index >= 15 is 0 Å². The third kappa shape index (κ3) is 0.567. The molecule has 0 aliphatic heterocycles. The van der Waals surface area contributed by atoms with Crippen LogP contribution in [0.1, 0.15) is 26.7 Å². The Hall–Kier alpha value is -0.300. The van der Waals surface area contributed by atoms with E-state index in [1.165, 1.54) is 18.4 Å². The van der Waals surface area contributed by atoms with Crippen LogP contribution in [0.25, 0.3) is 0 Å². The maximum absolute atomic E-state index is 5.93. The van der Waals surface area contributed by atoms with Gasteiger partial charge in [-0.25, -0.2) is 0 Å². The first-order valence-electron chi connectivity index (χ1n) is 4.08. The fourth-order valence-corrected chi connectivity index (χ4v) is 2.52. The Morgan fingerprint density at radius 1 is 1.60 bits per heavy atom. The summed E-state index contributed by atoms with van der Waals surface area (Å²) >= 11 is 0. The van der Waals surface area contributed by atoms with Crippen LogP contribution in [-0.2, 0) is 0 Å². The lowest BCUT2D eigenvalue weighted by molar-refractivity contribution is 0.331. The summed E-state index contributed by atoms with van der Waals surface area (Å²) in [6.07, 6.45) is 4.84. The molecule has 0 amide bonds. The molecule has 2 bridgehead atoms. The van der Waals surface area contributed by atoms with Crippen molar-refractivity contribution in [3.05, 3.63) is 11.6 Å². The average molecular weight is 137 g/mol. The summed E-state index contributed by atoms with van der Waals surface area (Å²) in [5.74, 6) is 0.845. The maximum Gasteiger partial charge on any atom is 0.0262 e. The summed E-state index contributed by atoms with van der Waals surface area (Å²) in [6.45, 7) is 4.65. The highest BCUT2D eigenvalue weighted by Crippen LogP contribution is 2.52. The minimum atomic E-state index is 0.383. The van der Waals surface area contributed by atoms with Gasteiger partial charge in [0.2, 0.25) is 0 Å². The molecule has 1 heteroatoms. The van der Waals surface area contributed by atoms with Crippen molar-refractivity contribution in [2.45, 2.75) is 32.7 Å². The van der Waals surface area contributed by atoms with E-state index in [0.29, 0.717) is 11.5 Å². The minimum Gasteiger partial charge on any atom is -0.324 e. The van der Waals surface area contributed by atoms with E-state index in [-0.39, 0.29) is 0 Å². The zero-order valence-corrected chi connectivity index (χ0v) is 6.72. The molecule has 56 valence electrons. The van der Waals surface area contributed by atoms with Gasteiger partial charge in [0.05, 0.1) is 0 Å². The maximum atomic E-state index is 5.93. The monoisotopic (exact) mass is 137 g/mol. The molecule has 0 aromatic carbocycles. The van der Waals surface area contributed by atoms with E-state index in [1.54, 1.807) is 0 Å². The number of allylic oxidation sites excluding steroid dienone is 1. The van der Waals surface area contributed by atoms with E-state index in [1.807, 2.05) is 0 Å². The molecule has 1 fully saturated rings. The van der Waals surface area contributed by atoms with Crippen LogP contribution in [0.3, 0.4) is 0 Å². The summed E-state index contributed by atoms with van der Waals surface area (Å²) < 4.78 is 0. The number of hydrogen-bond acceptors (Lipinski definition) is 1. The Bertz CT molecular complexity index is 191. The second-order valence-corrected chi connectivity index (χ2v) is 4.16. The van der Waals surface area contributed by atoms with Crippen LogP contribution in [-0.4, -0.2) is 6.04 Å². The molecule has 0 aromatic heterocycles. The molecule has 0 spiro atoms. The molecule has 1 saturated carbocycles. The first-order valence-corrected chi connectivity index (χ1v) is 4.08. The van der Waals surface area contributed by atoms with Gasteiger partial charge < -0.3 is 5.73 Å². The molecule has 2 atom stereocenters. The molecule has 0 saturated heterocycles. The standard InChI is InChI=1S/C9H15N/c1-9(2)6-3-4-7(9)8(10)5-6/h4,6,8H,3,5,10H2,1-2H3/t6?,8-/m0/s1. The van der Waals surface area contributed by atoms with E-state index in [0.717, 1.165) is 5.92 Å². The SMILES string of the molecule is CC1(C)C2=CCC1C[C@@H]2N. The van der Waals surface area contributed by atoms with Gasteiger partial charge in [-0.3, -0.25) is 0 Å². The van der Waals surface area contributed by atoms with E-state index in [2.05, 4.69) is 19.9 Å². The van der Waals surface area contributed by atoms with Crippen LogP contribution in [0.15, 0.2) is 11.6 Å². The topological polar surface area (TPSA) is 26.0 Å². The molecule has 2 aliphatic rings. The lowest BCUT2D eigenvalue weighted by Crippen LogP contribution is -2.20. The minimum absolute atomic E-state index is 0.383. The quantitative estimate of drug-likeness (QED) is 0.505. The molecule has 0 aromatic rings. The molecule has 2 N–H and O–H groups in total. The molecule has 1 nitrogen and oxygen atoms in total. The lowest BCUT2D eigenvalue weighted by atomic mass is 9.83. The smallest absolute Gasteiger partial charge is 0.0262 e. The summed E-state index contributed by atoms with van der Waals surface area (Å²) in [5.41, 5.74) is 7.87. The van der Waals surface area contributed by atoms with Crippen molar-refractivity contribution in [2.75, 3.05) is 0 Å². The largest absolute Gasteiger partial charge is 0.324 e. The first kappa shape index (κ1) is 6.41. The lowest BCUT2D eigenvalue weighted by Gasteiger charge is -2.21. The van der Waals surface area contributed by atoms with Crippen molar-refractivity contribution < 1.29 is 0 Å². The molecule has 0 radical (unpaired) electrons. The third-order valence-corrected chi connectivity index (χ3v) is 3.32. The molecular formula is C9H15N. The first-order chi connectivity index (χ1) is 4.62. The van der Waals surface area contributed by atoms with Gasteiger partial charge in [-0.1, -0.05) is 25.5 Å². The highest BCUT2D eigenvalue weighted by Gasteiger charge is 2.46. The van der Waals surface area contributed by atoms with Gasteiger partial charge in [0.25, 0.3) is 0 Å². The van der Waals surface area contributed by atoms with Gasteiger partial charge >= 0.3 is 0 Å². The van der Waals surface area contributed by atoms with Gasteiger partial charge in [0.15, 0.2) is 0 Å². The highest BCUT2D eigenvalue weighted by molar-refractivity contribution is 5.31. The van der Waals surface area contributed by atoms with Gasteiger partial charge in [0, 0.05) is 6.04 Å². The number of nitrogens with two attached hydrogens (primary N) is 1. The summed E-state index contributed by atoms with van der Waals surface area (Å²) in [7, 11) is 0. The third-order valence-electron chi connectivity index (χ3n) is 3.32. The molecule has 10 heavy (non-hydrogen) atoms. The molecular weight excluding hydrogens is 122 g/mol. The Labute approximate surface area is 62.3 Å². The molecule has 2 aliphatic carbocycles. The van der Waals surface area contributed by atoms with E-state index in [9.17, 15) is 0 Å². The predicted octanol–water partition coefficient (Wildman–Crippen LogP) is 1.69. The van der Waals surface area contributed by atoms with Crippen molar-refractivity contribution in [2.24, 2.45) is 17.1 Å². The normalized spacial score (nSPS) is 42.1. The highest BCUT2D eigenvalue weighted by atomic mass is 14.7. The van der Waals surface area contributed by atoms with E-state index in [4.69, 9.17) is 5.73 Å². The Morgan fingerprint density at radius 3 is 2.50 bits per heavy atom. The predicted molar refractivity (Wildman–Crippen MR) is 42.6 cm³/mol. The molecule has 2 rings (SSSR count). The van der Waals surface area contributed by atoms with Crippen molar-refractivity contribution in [3.63, 3.8) is 0 Å². The number of fused-ring (bicyclic) bond motifs is 2. The average Bonchev–Trinajstić information content (AvgIpc) is 2.20. The molecule has 0 heterocycles. The Morgan fingerprint density at radius 2 is 2.30 bits per heavy atom. The summed E-state index contributed by atoms with van der Waals surface area (Å²) in [5, 5.41) is 0. The molecule has 1 unspecified atom stereocenters. The Kier molecular flexibility index (Phi) is 1.06. The fourth-order valence-electron chi connectivity index (χ4n) is 2.52. The van der Waals surface area contributed by atoms with Crippen LogP contribution >= 0.6 is 0 Å². The Balaban J connectivity index is 2.39. The number of hydrogen-bond donors (Lipinski definition) is 1. The summed E-state index contributed by atoms with van der Waals surface area (Å²) in [4.78, 5) is 0. The van der Waals surface area contributed by atoms with Crippen molar-refractivity contribution in [1.29, 1.82) is 0 Å². The van der Waals surface area contributed by atoms with Crippen LogP contribution in [0.5, 0.6) is 0 Å². The zero-order chi connectivity index (χ0) is 7.35. The van der Waals surface area contributed by atoms with Crippen LogP contribution in [0.2, 0.25) is 0 Å². The van der Waals surface area contributed by atoms with E-state index < -0.39 is 0 Å². The van der Waals surface area contributed by atoms with Crippen molar-refractivity contribution >= 4 is 0 Å². The van der Waals surface area contributed by atoms with Crippen molar-refractivity contribution in [3.8, 4) is 0 Å². The number of rotatable bonds is 0. The van der Waals surface area contributed by atoms with Gasteiger partial charge in [-0.05, 0) is 24.2 Å². The van der Waals surface area contributed by atoms with Gasteiger partial charge in [-0.2, -0.15) is 0 Å². The van der Waals surface area contributed by atoms with Gasteiger partial charge in [0.1, 0.15) is 0 Å².